The first kappa shape index (κ1) is 19.4. The second-order valence-electron chi connectivity index (χ2n) is 7.06. The van der Waals surface area contributed by atoms with Gasteiger partial charge in [-0.15, -0.1) is 11.3 Å². The van der Waals surface area contributed by atoms with E-state index in [9.17, 15) is 4.79 Å². The van der Waals surface area contributed by atoms with Crippen LogP contribution in [0.15, 0.2) is 72.8 Å². The topological polar surface area (TPSA) is 51.2 Å². The zero-order valence-electron chi connectivity index (χ0n) is 16.0. The Morgan fingerprint density at radius 3 is 2.52 bits per heavy atom. The van der Waals surface area contributed by atoms with Crippen molar-refractivity contribution in [2.75, 3.05) is 5.32 Å². The first-order valence-corrected chi connectivity index (χ1v) is 10.3. The number of nitrogens with zero attached hydrogens (tertiary/aromatic N) is 1. The molecule has 0 bridgehead atoms. The van der Waals surface area contributed by atoms with Crippen LogP contribution in [0.1, 0.15) is 13.8 Å². The molecule has 0 aliphatic heterocycles. The largest absolute Gasteiger partial charge is 0.478 e. The van der Waals surface area contributed by atoms with Crippen LogP contribution in [0, 0.1) is 0 Å². The normalized spacial score (nSPS) is 11.4. The summed E-state index contributed by atoms with van der Waals surface area (Å²) in [5.41, 5.74) is 1.30. The summed E-state index contributed by atoms with van der Waals surface area (Å²) in [6.07, 6.45) is 0. The molecule has 1 aromatic heterocycles. The van der Waals surface area contributed by atoms with Crippen LogP contribution in [0.25, 0.3) is 20.8 Å². The molecule has 0 fully saturated rings. The van der Waals surface area contributed by atoms with E-state index in [4.69, 9.17) is 16.3 Å². The van der Waals surface area contributed by atoms with Crippen molar-refractivity contribution in [2.45, 2.75) is 19.4 Å². The number of thiazole rings is 1. The van der Waals surface area contributed by atoms with Gasteiger partial charge in [-0.2, -0.15) is 0 Å². The fraction of sp³-hybridized carbons (Fsp3) is 0.130. The summed E-state index contributed by atoms with van der Waals surface area (Å²) in [6, 6.07) is 22.8. The number of halogens is 1. The number of nitrogens with one attached hydrogen (secondary N) is 1. The van der Waals surface area contributed by atoms with Crippen LogP contribution in [0.4, 0.5) is 5.69 Å². The van der Waals surface area contributed by atoms with Crippen LogP contribution in [-0.4, -0.2) is 16.5 Å². The summed E-state index contributed by atoms with van der Waals surface area (Å²) in [6.45, 7) is 3.45. The molecule has 4 aromatic rings. The van der Waals surface area contributed by atoms with Crippen molar-refractivity contribution in [3.05, 3.63) is 77.8 Å². The van der Waals surface area contributed by atoms with E-state index in [-0.39, 0.29) is 5.91 Å². The van der Waals surface area contributed by atoms with Gasteiger partial charge in [0.2, 0.25) is 0 Å². The first-order valence-electron chi connectivity index (χ1n) is 9.13. The molecular formula is C23H19ClN2O2S. The van der Waals surface area contributed by atoms with Gasteiger partial charge in [0.25, 0.3) is 5.91 Å². The van der Waals surface area contributed by atoms with Gasteiger partial charge >= 0.3 is 0 Å². The Hall–Kier alpha value is -2.89. The van der Waals surface area contributed by atoms with Crippen LogP contribution in [0.2, 0.25) is 5.02 Å². The van der Waals surface area contributed by atoms with Gasteiger partial charge < -0.3 is 10.1 Å². The van der Waals surface area contributed by atoms with Crippen LogP contribution >= 0.6 is 22.9 Å². The molecular weight excluding hydrogens is 404 g/mol. The third kappa shape index (κ3) is 4.26. The molecule has 4 nitrogen and oxygen atoms in total. The Labute approximate surface area is 178 Å². The number of anilines is 1. The second kappa shape index (κ2) is 7.85. The van der Waals surface area contributed by atoms with E-state index >= 15 is 0 Å². The molecule has 146 valence electrons. The van der Waals surface area contributed by atoms with Gasteiger partial charge in [-0.25, -0.2) is 4.98 Å². The SMILES string of the molecule is CC(C)(Oc1ccccc1)C(=O)Nc1cc(-c2nc3ccccc3s2)ccc1Cl. The predicted octanol–water partition coefficient (Wildman–Crippen LogP) is 6.41. The molecule has 29 heavy (non-hydrogen) atoms. The minimum atomic E-state index is -1.07. The van der Waals surface area contributed by atoms with Crippen molar-refractivity contribution in [3.8, 4) is 16.3 Å². The summed E-state index contributed by atoms with van der Waals surface area (Å²) in [7, 11) is 0. The van der Waals surface area contributed by atoms with Crippen molar-refractivity contribution >= 4 is 44.7 Å². The maximum Gasteiger partial charge on any atom is 0.268 e. The van der Waals surface area contributed by atoms with Crippen molar-refractivity contribution in [1.82, 2.24) is 4.98 Å². The van der Waals surface area contributed by atoms with E-state index in [0.29, 0.717) is 16.5 Å². The Morgan fingerprint density at radius 2 is 1.76 bits per heavy atom. The summed E-state index contributed by atoms with van der Waals surface area (Å²) in [5.74, 6) is 0.340. The highest BCUT2D eigenvalue weighted by Crippen LogP contribution is 2.34. The fourth-order valence-electron chi connectivity index (χ4n) is 2.85. The average Bonchev–Trinajstić information content (AvgIpc) is 3.14. The molecule has 0 radical (unpaired) electrons. The summed E-state index contributed by atoms with van der Waals surface area (Å²) < 4.78 is 6.98. The van der Waals surface area contributed by atoms with E-state index in [0.717, 1.165) is 20.8 Å². The van der Waals surface area contributed by atoms with Crippen molar-refractivity contribution in [2.24, 2.45) is 0 Å². The average molecular weight is 423 g/mol. The lowest BCUT2D eigenvalue weighted by molar-refractivity contribution is -0.128. The number of hydrogen-bond donors (Lipinski definition) is 1. The fourth-order valence-corrected chi connectivity index (χ4v) is 3.98. The lowest BCUT2D eigenvalue weighted by Crippen LogP contribution is -2.42. The molecule has 0 spiro atoms. The van der Waals surface area contributed by atoms with Crippen LogP contribution < -0.4 is 10.1 Å². The van der Waals surface area contributed by atoms with Gasteiger partial charge in [-0.3, -0.25) is 4.79 Å². The van der Waals surface area contributed by atoms with Crippen LogP contribution in [0.5, 0.6) is 5.75 Å². The molecule has 0 unspecified atom stereocenters. The highest BCUT2D eigenvalue weighted by Gasteiger charge is 2.30. The van der Waals surface area contributed by atoms with Crippen LogP contribution in [0.3, 0.4) is 0 Å². The number of carbonyl (C=O) groups is 1. The standard InChI is InChI=1S/C23H19ClN2O2S/c1-23(2,28-16-8-4-3-5-9-16)22(27)26-19-14-15(12-13-17(19)24)21-25-18-10-6-7-11-20(18)29-21/h3-14H,1-2H3,(H,26,27). The van der Waals surface area contributed by atoms with Gasteiger partial charge in [0, 0.05) is 5.56 Å². The molecule has 0 aliphatic carbocycles. The van der Waals surface area contributed by atoms with E-state index < -0.39 is 5.60 Å². The lowest BCUT2D eigenvalue weighted by atomic mass is 10.1. The van der Waals surface area contributed by atoms with Gasteiger partial charge in [0.05, 0.1) is 20.9 Å². The minimum Gasteiger partial charge on any atom is -0.478 e. The zero-order valence-corrected chi connectivity index (χ0v) is 17.6. The number of rotatable bonds is 5. The molecule has 3 aromatic carbocycles. The molecule has 6 heteroatoms. The molecule has 0 atom stereocenters. The quantitative estimate of drug-likeness (QED) is 0.404. The Kier molecular flexibility index (Phi) is 5.26. The molecule has 4 rings (SSSR count). The number of amides is 1. The number of benzene rings is 3. The number of aromatic nitrogens is 1. The van der Waals surface area contributed by atoms with E-state index in [2.05, 4.69) is 10.3 Å². The van der Waals surface area contributed by atoms with Crippen LogP contribution in [-0.2, 0) is 4.79 Å². The summed E-state index contributed by atoms with van der Waals surface area (Å²) in [4.78, 5) is 17.5. The zero-order chi connectivity index (χ0) is 20.4. The lowest BCUT2D eigenvalue weighted by Gasteiger charge is -2.25. The second-order valence-corrected chi connectivity index (χ2v) is 8.50. The Bertz CT molecular complexity index is 1140. The number of para-hydroxylation sites is 2. The van der Waals surface area contributed by atoms with E-state index in [1.807, 2.05) is 66.7 Å². The predicted molar refractivity (Wildman–Crippen MR) is 120 cm³/mol. The maximum atomic E-state index is 12.9. The third-order valence-corrected chi connectivity index (χ3v) is 5.83. The smallest absolute Gasteiger partial charge is 0.268 e. The maximum absolute atomic E-state index is 12.9. The highest BCUT2D eigenvalue weighted by molar-refractivity contribution is 7.21. The Balaban J connectivity index is 1.58. The minimum absolute atomic E-state index is 0.287. The summed E-state index contributed by atoms with van der Waals surface area (Å²) >= 11 is 7.94. The van der Waals surface area contributed by atoms with Crippen molar-refractivity contribution in [1.29, 1.82) is 0 Å². The van der Waals surface area contributed by atoms with Gasteiger partial charge in [-0.05, 0) is 50.2 Å². The number of fused-ring (bicyclic) bond motifs is 1. The number of carbonyl (C=O) groups excluding carboxylic acids is 1. The molecule has 0 saturated carbocycles. The number of ether oxygens (including phenoxy) is 1. The third-order valence-electron chi connectivity index (χ3n) is 4.42. The summed E-state index contributed by atoms with van der Waals surface area (Å²) in [5, 5.41) is 4.23. The van der Waals surface area contributed by atoms with Gasteiger partial charge in [0.1, 0.15) is 10.8 Å². The monoisotopic (exact) mass is 422 g/mol. The molecule has 0 aliphatic rings. The van der Waals surface area contributed by atoms with Gasteiger partial charge in [-0.1, -0.05) is 48.0 Å². The van der Waals surface area contributed by atoms with Crippen molar-refractivity contribution < 1.29 is 9.53 Å². The molecule has 1 amide bonds. The Morgan fingerprint density at radius 1 is 1.03 bits per heavy atom. The number of hydrogen-bond acceptors (Lipinski definition) is 4. The molecule has 1 N–H and O–H groups in total. The molecule has 0 saturated heterocycles. The van der Waals surface area contributed by atoms with E-state index in [1.54, 1.807) is 31.3 Å². The molecule has 1 heterocycles. The van der Waals surface area contributed by atoms with Gasteiger partial charge in [0.15, 0.2) is 5.60 Å². The highest BCUT2D eigenvalue weighted by atomic mass is 35.5. The van der Waals surface area contributed by atoms with Crippen molar-refractivity contribution in [3.63, 3.8) is 0 Å². The first-order chi connectivity index (χ1) is 13.9. The van der Waals surface area contributed by atoms with E-state index in [1.165, 1.54) is 0 Å².